The predicted molar refractivity (Wildman–Crippen MR) is 106 cm³/mol. The van der Waals surface area contributed by atoms with E-state index in [0.29, 0.717) is 15.9 Å². The van der Waals surface area contributed by atoms with Gasteiger partial charge in [0.2, 0.25) is 0 Å². The molecule has 2 heterocycles. The molecule has 7 heteroatoms. The highest BCUT2D eigenvalue weighted by molar-refractivity contribution is 7.13. The lowest BCUT2D eigenvalue weighted by atomic mass is 10.0. The summed E-state index contributed by atoms with van der Waals surface area (Å²) in [6.45, 7) is 7.22. The number of ether oxygens (including phenoxy) is 1. The van der Waals surface area contributed by atoms with Gasteiger partial charge in [-0.1, -0.05) is 18.5 Å². The average molecular weight is 394 g/mol. The fraction of sp³-hybridized carbons (Fsp3) is 0.474. The second-order valence-corrected chi connectivity index (χ2v) is 8.17. The summed E-state index contributed by atoms with van der Waals surface area (Å²) in [5.41, 5.74) is 1.91. The minimum atomic E-state index is -0.216. The maximum Gasteiger partial charge on any atom is 0.264 e. The summed E-state index contributed by atoms with van der Waals surface area (Å²) in [7, 11) is 0. The van der Waals surface area contributed by atoms with E-state index >= 15 is 0 Å². The van der Waals surface area contributed by atoms with Gasteiger partial charge in [0.1, 0.15) is 5.75 Å². The Labute approximate surface area is 163 Å². The summed E-state index contributed by atoms with van der Waals surface area (Å²) < 4.78 is 5.56. The second kappa shape index (κ2) is 8.84. The van der Waals surface area contributed by atoms with Crippen LogP contribution in [0, 0.1) is 12.8 Å². The molecule has 1 amide bonds. The number of halogens is 1. The van der Waals surface area contributed by atoms with Gasteiger partial charge in [-0.3, -0.25) is 15.0 Å². The normalized spacial score (nSPS) is 17.9. The number of nitrogens with zero attached hydrogens (tertiary/aromatic N) is 2. The molecule has 1 aromatic carbocycles. The zero-order valence-corrected chi connectivity index (χ0v) is 16.7. The van der Waals surface area contributed by atoms with Crippen LogP contribution in [0.25, 0.3) is 0 Å². The Morgan fingerprint density at radius 1 is 1.50 bits per heavy atom. The number of aromatic nitrogens is 1. The molecule has 0 aliphatic carbocycles. The largest absolute Gasteiger partial charge is 0.483 e. The first-order chi connectivity index (χ1) is 12.5. The predicted octanol–water partition coefficient (Wildman–Crippen LogP) is 4.35. The van der Waals surface area contributed by atoms with Crippen LogP contribution >= 0.6 is 22.9 Å². The molecule has 0 saturated carbocycles. The maximum absolute atomic E-state index is 12.1. The first kappa shape index (κ1) is 19.1. The van der Waals surface area contributed by atoms with Gasteiger partial charge in [-0.25, -0.2) is 4.98 Å². The summed E-state index contributed by atoms with van der Waals surface area (Å²) >= 11 is 7.37. The molecule has 1 atom stereocenters. The molecule has 5 nitrogen and oxygen atoms in total. The number of rotatable bonds is 6. The number of piperidine rings is 1. The molecule has 0 unspecified atom stereocenters. The first-order valence-electron chi connectivity index (χ1n) is 8.85. The number of anilines is 1. The van der Waals surface area contributed by atoms with Gasteiger partial charge in [0, 0.05) is 23.5 Å². The monoisotopic (exact) mass is 393 g/mol. The number of thiazole rings is 1. The summed E-state index contributed by atoms with van der Waals surface area (Å²) in [5.74, 6) is 1.19. The molecule has 1 fully saturated rings. The molecule has 2 aromatic rings. The van der Waals surface area contributed by atoms with Crippen LogP contribution < -0.4 is 10.1 Å². The van der Waals surface area contributed by atoms with Crippen molar-refractivity contribution in [3.05, 3.63) is 39.9 Å². The number of benzene rings is 1. The molecule has 0 radical (unpaired) electrons. The number of amides is 1. The van der Waals surface area contributed by atoms with Crippen molar-refractivity contribution < 1.29 is 9.53 Å². The van der Waals surface area contributed by atoms with Gasteiger partial charge in [-0.05, 0) is 56.0 Å². The number of carbonyl (C=O) groups excluding carboxylic acids is 1. The van der Waals surface area contributed by atoms with Crippen LogP contribution in [0.5, 0.6) is 5.75 Å². The SMILES string of the molecule is Cc1cc(Cl)ccc1OCC(=O)Nc1nc(CN2CCC[C@H](C)C2)cs1. The van der Waals surface area contributed by atoms with E-state index in [4.69, 9.17) is 16.3 Å². The highest BCUT2D eigenvalue weighted by Crippen LogP contribution is 2.23. The van der Waals surface area contributed by atoms with E-state index in [1.54, 1.807) is 12.1 Å². The summed E-state index contributed by atoms with van der Waals surface area (Å²) in [6.07, 6.45) is 2.55. The highest BCUT2D eigenvalue weighted by Gasteiger charge is 2.17. The van der Waals surface area contributed by atoms with Gasteiger partial charge in [-0.15, -0.1) is 11.3 Å². The number of likely N-dealkylation sites (tertiary alicyclic amines) is 1. The van der Waals surface area contributed by atoms with Crippen LogP contribution in [0.3, 0.4) is 0 Å². The Morgan fingerprint density at radius 3 is 3.12 bits per heavy atom. The fourth-order valence-corrected chi connectivity index (χ4v) is 4.11. The van der Waals surface area contributed by atoms with Crippen molar-refractivity contribution in [1.29, 1.82) is 0 Å². The topological polar surface area (TPSA) is 54.5 Å². The van der Waals surface area contributed by atoms with Crippen LogP contribution in [0.2, 0.25) is 5.02 Å². The van der Waals surface area contributed by atoms with Gasteiger partial charge in [0.25, 0.3) is 5.91 Å². The maximum atomic E-state index is 12.1. The molecule has 1 saturated heterocycles. The van der Waals surface area contributed by atoms with E-state index in [9.17, 15) is 4.79 Å². The lowest BCUT2D eigenvalue weighted by molar-refractivity contribution is -0.118. The number of hydrogen-bond acceptors (Lipinski definition) is 5. The molecule has 3 rings (SSSR count). The molecule has 1 aliphatic heterocycles. The van der Waals surface area contributed by atoms with E-state index in [-0.39, 0.29) is 12.5 Å². The van der Waals surface area contributed by atoms with E-state index in [2.05, 4.69) is 22.1 Å². The van der Waals surface area contributed by atoms with E-state index < -0.39 is 0 Å². The first-order valence-corrected chi connectivity index (χ1v) is 10.1. The van der Waals surface area contributed by atoms with E-state index in [0.717, 1.165) is 36.8 Å². The van der Waals surface area contributed by atoms with E-state index in [1.807, 2.05) is 18.4 Å². The van der Waals surface area contributed by atoms with Crippen molar-refractivity contribution in [2.24, 2.45) is 5.92 Å². The van der Waals surface area contributed by atoms with Crippen LogP contribution in [0.15, 0.2) is 23.6 Å². The molecule has 1 aromatic heterocycles. The Bertz CT molecular complexity index is 765. The molecule has 0 bridgehead atoms. The third kappa shape index (κ3) is 5.43. The van der Waals surface area contributed by atoms with Crippen molar-refractivity contribution in [1.82, 2.24) is 9.88 Å². The number of carbonyl (C=O) groups is 1. The number of aryl methyl sites for hydroxylation is 1. The van der Waals surface area contributed by atoms with Gasteiger partial charge < -0.3 is 4.74 Å². The minimum Gasteiger partial charge on any atom is -0.483 e. The molecular formula is C19H24ClN3O2S. The molecular weight excluding hydrogens is 370 g/mol. The standard InChI is InChI=1S/C19H24ClN3O2S/c1-13-4-3-7-23(9-13)10-16-12-26-19(21-16)22-18(24)11-25-17-6-5-15(20)8-14(17)2/h5-6,8,12-13H,3-4,7,9-11H2,1-2H3,(H,21,22,24)/t13-/m0/s1. The minimum absolute atomic E-state index is 0.0545. The fourth-order valence-electron chi connectivity index (χ4n) is 3.17. The summed E-state index contributed by atoms with van der Waals surface area (Å²) in [4.78, 5) is 19.1. The molecule has 1 N–H and O–H groups in total. The molecule has 140 valence electrons. The lowest BCUT2D eigenvalue weighted by Crippen LogP contribution is -2.33. The van der Waals surface area contributed by atoms with Crippen molar-refractivity contribution in [3.8, 4) is 5.75 Å². The van der Waals surface area contributed by atoms with Gasteiger partial charge in [0.05, 0.1) is 5.69 Å². The lowest BCUT2D eigenvalue weighted by Gasteiger charge is -2.30. The quantitative estimate of drug-likeness (QED) is 0.792. The van der Waals surface area contributed by atoms with Gasteiger partial charge >= 0.3 is 0 Å². The zero-order valence-electron chi connectivity index (χ0n) is 15.1. The second-order valence-electron chi connectivity index (χ2n) is 6.87. The smallest absolute Gasteiger partial charge is 0.264 e. The van der Waals surface area contributed by atoms with Gasteiger partial charge in [0.15, 0.2) is 11.7 Å². The van der Waals surface area contributed by atoms with E-state index in [1.165, 1.54) is 24.2 Å². The van der Waals surface area contributed by atoms with Gasteiger partial charge in [-0.2, -0.15) is 0 Å². The molecule has 0 spiro atoms. The highest BCUT2D eigenvalue weighted by atomic mass is 35.5. The Balaban J connectivity index is 1.48. The van der Waals surface area contributed by atoms with Crippen molar-refractivity contribution in [3.63, 3.8) is 0 Å². The number of nitrogens with one attached hydrogen (secondary N) is 1. The van der Waals surface area contributed by atoms with Crippen LogP contribution in [-0.4, -0.2) is 35.5 Å². The third-order valence-electron chi connectivity index (χ3n) is 4.42. The summed E-state index contributed by atoms with van der Waals surface area (Å²) in [6, 6.07) is 5.33. The van der Waals surface area contributed by atoms with Crippen LogP contribution in [0.4, 0.5) is 5.13 Å². The summed E-state index contributed by atoms with van der Waals surface area (Å²) in [5, 5.41) is 6.09. The van der Waals surface area contributed by atoms with Crippen LogP contribution in [0.1, 0.15) is 31.0 Å². The Morgan fingerprint density at radius 2 is 2.35 bits per heavy atom. The number of hydrogen-bond donors (Lipinski definition) is 1. The van der Waals surface area contributed by atoms with Crippen LogP contribution in [-0.2, 0) is 11.3 Å². The van der Waals surface area contributed by atoms with Crippen molar-refractivity contribution >= 4 is 34.0 Å². The molecule has 1 aliphatic rings. The zero-order chi connectivity index (χ0) is 18.5. The Kier molecular flexibility index (Phi) is 6.51. The molecule has 26 heavy (non-hydrogen) atoms. The Hall–Kier alpha value is -1.63. The van der Waals surface area contributed by atoms with Crippen molar-refractivity contribution in [2.75, 3.05) is 25.0 Å². The van der Waals surface area contributed by atoms with Crippen molar-refractivity contribution in [2.45, 2.75) is 33.2 Å². The third-order valence-corrected chi connectivity index (χ3v) is 5.46. The average Bonchev–Trinajstić information content (AvgIpc) is 3.01.